The van der Waals surface area contributed by atoms with Crippen molar-refractivity contribution in [1.29, 1.82) is 0 Å². The van der Waals surface area contributed by atoms with E-state index in [1.165, 1.54) is 25.9 Å². The summed E-state index contributed by atoms with van der Waals surface area (Å²) >= 11 is 0. The first-order chi connectivity index (χ1) is 23.3. The molecule has 11 nitrogen and oxygen atoms in total. The molecule has 0 aromatic heterocycles. The Morgan fingerprint density at radius 3 is 1.96 bits per heavy atom. The molecule has 4 fully saturated rings. The molecule has 0 radical (unpaired) electrons. The largest absolute Gasteiger partial charge is 0.513 e. The highest BCUT2D eigenvalue weighted by Gasteiger charge is 2.57. The number of likely N-dealkylation sites (tertiary alicyclic amines) is 1. The number of benzene rings is 2. The maximum absolute atomic E-state index is 14.4. The molecule has 11 heteroatoms. The van der Waals surface area contributed by atoms with E-state index in [9.17, 15) is 19.2 Å². The van der Waals surface area contributed by atoms with E-state index < -0.39 is 36.5 Å². The number of rotatable bonds is 11. The number of carbonyl (C=O) groups excluding carboxylic acids is 4. The fourth-order valence-electron chi connectivity index (χ4n) is 8.48. The van der Waals surface area contributed by atoms with Crippen LogP contribution in [0.5, 0.6) is 0 Å². The first-order valence-corrected chi connectivity index (χ1v) is 17.4. The Hall–Kier alpha value is -3.96. The highest BCUT2D eigenvalue weighted by Crippen LogP contribution is 2.47. The van der Waals surface area contributed by atoms with Gasteiger partial charge in [0.15, 0.2) is 0 Å². The average molecular weight is 664 g/mol. The number of carbonyl (C=O) groups is 4. The van der Waals surface area contributed by atoms with Gasteiger partial charge in [0.05, 0.1) is 38.0 Å². The molecule has 258 valence electrons. The summed E-state index contributed by atoms with van der Waals surface area (Å²) in [5, 5.41) is 0. The van der Waals surface area contributed by atoms with Crippen molar-refractivity contribution in [2.75, 3.05) is 40.0 Å². The second kappa shape index (κ2) is 15.1. The van der Waals surface area contributed by atoms with Crippen LogP contribution in [0.4, 0.5) is 4.79 Å². The Bertz CT molecular complexity index is 1370. The number of quaternary nitrogens is 1. The SMILES string of the molecule is CN1CCCC(OC(=O)CCC(=O)OCOC(=O)OC(C(=O)OC2CC3CCC(C2)[N+]32CCCC2)(c2ccccc2)c2ccccc2)C1. The third-order valence-corrected chi connectivity index (χ3v) is 10.7. The van der Waals surface area contributed by atoms with Crippen LogP contribution in [0.3, 0.4) is 0 Å². The molecular formula is C37H47N2O9+. The standard InChI is InChI=1S/C37H47N2O9/c1-38-20-10-15-31(25-38)46-34(41)19-18-33(40)44-26-45-36(43)48-37(27-11-4-2-5-12-27,28-13-6-3-7-14-28)35(42)47-32-23-29-16-17-30(24-32)39(29)21-8-9-22-39/h2-7,11-14,29-32H,8-10,15-26H2,1H3/q+1. The highest BCUT2D eigenvalue weighted by molar-refractivity contribution is 5.88. The van der Waals surface area contributed by atoms with Crippen LogP contribution < -0.4 is 0 Å². The molecule has 2 aromatic carbocycles. The summed E-state index contributed by atoms with van der Waals surface area (Å²) in [7, 11) is 1.97. The molecule has 0 N–H and O–H groups in total. The Kier molecular flexibility index (Phi) is 10.7. The van der Waals surface area contributed by atoms with E-state index in [1.54, 1.807) is 48.5 Å². The summed E-state index contributed by atoms with van der Waals surface area (Å²) < 4.78 is 29.1. The summed E-state index contributed by atoms with van der Waals surface area (Å²) in [6.07, 6.45) is 6.01. The van der Waals surface area contributed by atoms with Crippen LogP contribution in [0.15, 0.2) is 60.7 Å². The van der Waals surface area contributed by atoms with Gasteiger partial charge >= 0.3 is 24.1 Å². The minimum atomic E-state index is -1.96. The van der Waals surface area contributed by atoms with E-state index in [0.717, 1.165) is 49.6 Å². The number of piperidine rings is 2. The molecule has 1 spiro atoms. The molecule has 0 aliphatic carbocycles. The van der Waals surface area contributed by atoms with Gasteiger partial charge in [-0.15, -0.1) is 0 Å². The molecule has 4 aliphatic rings. The van der Waals surface area contributed by atoms with Gasteiger partial charge in [-0.05, 0) is 26.4 Å². The lowest BCUT2D eigenvalue weighted by Gasteiger charge is -2.47. The number of nitrogens with zero attached hydrogens (tertiary/aromatic N) is 2. The van der Waals surface area contributed by atoms with Crippen LogP contribution in [-0.2, 0) is 43.7 Å². The monoisotopic (exact) mass is 663 g/mol. The zero-order chi connectivity index (χ0) is 33.6. The lowest BCUT2D eigenvalue weighted by molar-refractivity contribution is -0.956. The van der Waals surface area contributed by atoms with Gasteiger partial charge in [0.1, 0.15) is 12.2 Å². The third-order valence-electron chi connectivity index (χ3n) is 10.7. The molecule has 3 unspecified atom stereocenters. The predicted molar refractivity (Wildman–Crippen MR) is 173 cm³/mol. The zero-order valence-corrected chi connectivity index (χ0v) is 27.8. The molecule has 0 saturated carbocycles. The predicted octanol–water partition coefficient (Wildman–Crippen LogP) is 4.85. The lowest BCUT2D eigenvalue weighted by atomic mass is 9.85. The number of hydrogen-bond acceptors (Lipinski definition) is 10. The van der Waals surface area contributed by atoms with Gasteiger partial charge in [-0.2, -0.15) is 0 Å². The summed E-state index contributed by atoms with van der Waals surface area (Å²) in [6, 6.07) is 18.4. The smallest absolute Gasteiger partial charge is 0.461 e. The lowest BCUT2D eigenvalue weighted by Crippen LogP contribution is -2.60. The molecule has 2 bridgehead atoms. The molecule has 2 aromatic rings. The minimum absolute atomic E-state index is 0.149. The van der Waals surface area contributed by atoms with Crippen molar-refractivity contribution < 1.29 is 47.3 Å². The first-order valence-electron chi connectivity index (χ1n) is 17.4. The maximum atomic E-state index is 14.4. The molecule has 6 rings (SSSR count). The molecule has 4 aliphatic heterocycles. The first kappa shape index (κ1) is 33.9. The summed E-state index contributed by atoms with van der Waals surface area (Å²) in [5.41, 5.74) is -1.16. The fourth-order valence-corrected chi connectivity index (χ4v) is 8.48. The van der Waals surface area contributed by atoms with E-state index in [0.29, 0.717) is 29.8 Å². The van der Waals surface area contributed by atoms with Gasteiger partial charge in [0.25, 0.3) is 5.60 Å². The van der Waals surface area contributed by atoms with Gasteiger partial charge in [-0.1, -0.05) is 60.7 Å². The van der Waals surface area contributed by atoms with Crippen LogP contribution in [0.1, 0.15) is 75.3 Å². The van der Waals surface area contributed by atoms with Crippen LogP contribution >= 0.6 is 0 Å². The number of esters is 3. The number of hydrogen-bond donors (Lipinski definition) is 0. The van der Waals surface area contributed by atoms with Crippen LogP contribution in [0, 0.1) is 0 Å². The molecule has 4 saturated heterocycles. The topological polar surface area (TPSA) is 118 Å². The van der Waals surface area contributed by atoms with E-state index in [-0.39, 0.29) is 25.0 Å². The van der Waals surface area contributed by atoms with Crippen molar-refractivity contribution in [3.63, 3.8) is 0 Å². The molecule has 4 heterocycles. The van der Waals surface area contributed by atoms with E-state index in [2.05, 4.69) is 4.90 Å². The van der Waals surface area contributed by atoms with Gasteiger partial charge in [0.2, 0.25) is 6.79 Å². The molecule has 48 heavy (non-hydrogen) atoms. The van der Waals surface area contributed by atoms with Crippen LogP contribution in [-0.4, -0.2) is 97.8 Å². The van der Waals surface area contributed by atoms with Gasteiger partial charge in [0, 0.05) is 56.2 Å². The zero-order valence-electron chi connectivity index (χ0n) is 27.8. The fraction of sp³-hybridized carbons (Fsp3) is 0.568. The van der Waals surface area contributed by atoms with Crippen LogP contribution in [0.2, 0.25) is 0 Å². The molecular weight excluding hydrogens is 616 g/mol. The van der Waals surface area contributed by atoms with Gasteiger partial charge in [-0.25, -0.2) is 9.59 Å². The Balaban J connectivity index is 1.10. The molecule has 3 atom stereocenters. The van der Waals surface area contributed by atoms with Crippen molar-refractivity contribution in [1.82, 2.24) is 4.90 Å². The van der Waals surface area contributed by atoms with Crippen molar-refractivity contribution >= 4 is 24.1 Å². The van der Waals surface area contributed by atoms with E-state index >= 15 is 0 Å². The Morgan fingerprint density at radius 2 is 1.35 bits per heavy atom. The van der Waals surface area contributed by atoms with E-state index in [4.69, 9.17) is 23.7 Å². The summed E-state index contributed by atoms with van der Waals surface area (Å²) in [6.45, 7) is 3.28. The van der Waals surface area contributed by atoms with E-state index in [1.807, 2.05) is 19.2 Å². The second-order valence-corrected chi connectivity index (χ2v) is 13.7. The summed E-state index contributed by atoms with van der Waals surface area (Å²) in [4.78, 5) is 54.4. The quantitative estimate of drug-likeness (QED) is 0.143. The molecule has 0 amide bonds. The van der Waals surface area contributed by atoms with Crippen molar-refractivity contribution in [3.8, 4) is 0 Å². The van der Waals surface area contributed by atoms with Crippen molar-refractivity contribution in [3.05, 3.63) is 71.8 Å². The van der Waals surface area contributed by atoms with Crippen molar-refractivity contribution in [2.24, 2.45) is 0 Å². The Labute approximate surface area is 282 Å². The second-order valence-electron chi connectivity index (χ2n) is 13.7. The van der Waals surface area contributed by atoms with Crippen LogP contribution in [0.25, 0.3) is 0 Å². The van der Waals surface area contributed by atoms with Crippen molar-refractivity contribution in [2.45, 2.75) is 94.1 Å². The summed E-state index contributed by atoms with van der Waals surface area (Å²) in [5.74, 6) is -1.91. The number of likely N-dealkylation sites (N-methyl/N-ethyl adjacent to an activating group) is 1. The minimum Gasteiger partial charge on any atom is -0.461 e. The average Bonchev–Trinajstić information content (AvgIpc) is 3.63. The van der Waals surface area contributed by atoms with Gasteiger partial charge < -0.3 is 33.1 Å². The number of ether oxygens (including phenoxy) is 5. The third kappa shape index (κ3) is 7.37. The highest BCUT2D eigenvalue weighted by atomic mass is 16.8. The normalized spacial score (nSPS) is 24.9. The van der Waals surface area contributed by atoms with Gasteiger partial charge in [-0.3, -0.25) is 9.59 Å². The Morgan fingerprint density at radius 1 is 0.750 bits per heavy atom. The maximum Gasteiger partial charge on any atom is 0.513 e.